The third-order valence-corrected chi connectivity index (χ3v) is 5.73. The first-order valence-corrected chi connectivity index (χ1v) is 8.97. The lowest BCUT2D eigenvalue weighted by Gasteiger charge is -2.56. The Morgan fingerprint density at radius 2 is 2.04 bits per heavy atom. The summed E-state index contributed by atoms with van der Waals surface area (Å²) >= 11 is 0. The van der Waals surface area contributed by atoms with Crippen LogP contribution in [-0.2, 0) is 4.74 Å². The molecule has 3 atom stereocenters. The molecule has 2 N–H and O–H groups in total. The maximum Gasteiger partial charge on any atom is 0.317 e. The summed E-state index contributed by atoms with van der Waals surface area (Å²) in [4.78, 5) is 14.4. The molecule has 5 heteroatoms. The Balaban J connectivity index is 1.54. The number of piperidine rings is 1. The van der Waals surface area contributed by atoms with Gasteiger partial charge in [-0.2, -0.15) is 0 Å². The number of aliphatic hydroxyl groups excluding tert-OH is 1. The molecule has 3 rings (SSSR count). The van der Waals surface area contributed by atoms with Gasteiger partial charge in [0, 0.05) is 31.5 Å². The van der Waals surface area contributed by atoms with E-state index < -0.39 is 0 Å². The molecular formula is C19H28N2O3. The minimum atomic E-state index is -0.289. The van der Waals surface area contributed by atoms with Crippen molar-refractivity contribution in [3.05, 3.63) is 35.9 Å². The van der Waals surface area contributed by atoms with E-state index in [1.165, 1.54) is 0 Å². The molecule has 1 aromatic carbocycles. The van der Waals surface area contributed by atoms with Gasteiger partial charge in [-0.3, -0.25) is 0 Å². The molecule has 2 fully saturated rings. The van der Waals surface area contributed by atoms with Crippen molar-refractivity contribution in [2.24, 2.45) is 5.41 Å². The number of benzene rings is 1. The first kappa shape index (κ1) is 17.2. The Labute approximate surface area is 144 Å². The van der Waals surface area contributed by atoms with E-state index in [-0.39, 0.29) is 29.7 Å². The van der Waals surface area contributed by atoms with Crippen LogP contribution in [0, 0.1) is 5.41 Å². The number of likely N-dealkylation sites (tertiary alicyclic amines) is 1. The maximum atomic E-state index is 12.5. The van der Waals surface area contributed by atoms with Gasteiger partial charge in [-0.05, 0) is 32.3 Å². The number of urea groups is 1. The third-order valence-electron chi connectivity index (χ3n) is 5.73. The summed E-state index contributed by atoms with van der Waals surface area (Å²) in [5, 5.41) is 13.3. The zero-order valence-corrected chi connectivity index (χ0v) is 14.6. The summed E-state index contributed by atoms with van der Waals surface area (Å²) in [7, 11) is 0. The Hall–Kier alpha value is -1.59. The van der Waals surface area contributed by atoms with E-state index in [2.05, 4.69) is 5.32 Å². The summed E-state index contributed by atoms with van der Waals surface area (Å²) in [6.07, 6.45) is 2.21. The highest BCUT2D eigenvalue weighted by atomic mass is 16.5. The van der Waals surface area contributed by atoms with E-state index in [4.69, 9.17) is 4.74 Å². The lowest BCUT2D eigenvalue weighted by molar-refractivity contribution is -0.207. The minimum absolute atomic E-state index is 0.0138. The molecule has 24 heavy (non-hydrogen) atoms. The van der Waals surface area contributed by atoms with Crippen LogP contribution < -0.4 is 5.32 Å². The summed E-state index contributed by atoms with van der Waals surface area (Å²) in [6.45, 7) is 6.02. The number of carbonyl (C=O) groups is 1. The third kappa shape index (κ3) is 3.15. The van der Waals surface area contributed by atoms with Gasteiger partial charge in [0.2, 0.25) is 0 Å². The largest absolute Gasteiger partial charge is 0.392 e. The number of nitrogens with zero attached hydrogens (tertiary/aromatic N) is 1. The average molecular weight is 332 g/mol. The van der Waals surface area contributed by atoms with Gasteiger partial charge in [-0.15, -0.1) is 0 Å². The van der Waals surface area contributed by atoms with Crippen molar-refractivity contribution in [1.29, 1.82) is 0 Å². The van der Waals surface area contributed by atoms with Crippen LogP contribution in [0.2, 0.25) is 0 Å². The van der Waals surface area contributed by atoms with Gasteiger partial charge in [0.05, 0.1) is 18.2 Å². The minimum Gasteiger partial charge on any atom is -0.392 e. The number of rotatable bonds is 4. The number of carbonyl (C=O) groups excluding carboxylic acids is 1. The molecule has 5 nitrogen and oxygen atoms in total. The van der Waals surface area contributed by atoms with Crippen molar-refractivity contribution >= 4 is 6.03 Å². The van der Waals surface area contributed by atoms with Crippen LogP contribution in [0.25, 0.3) is 0 Å². The fourth-order valence-electron chi connectivity index (χ4n) is 4.04. The van der Waals surface area contributed by atoms with Crippen LogP contribution in [0.1, 0.15) is 44.7 Å². The molecule has 2 aliphatic rings. The van der Waals surface area contributed by atoms with Gasteiger partial charge < -0.3 is 20.1 Å². The summed E-state index contributed by atoms with van der Waals surface area (Å²) in [6, 6.07) is 9.94. The quantitative estimate of drug-likeness (QED) is 0.891. The molecule has 0 radical (unpaired) electrons. The standard InChI is InChI=1S/C19H28N2O3/c1-3-24-17-13-16(22)19(17)9-11-21(12-10-19)18(23)20-14(2)15-7-5-4-6-8-15/h4-8,14,16-17,22H,3,9-13H2,1-2H3,(H,20,23)/t14-,16-,17-/m0/s1. The lowest BCUT2D eigenvalue weighted by atomic mass is 9.58. The molecule has 0 unspecified atom stereocenters. The van der Waals surface area contributed by atoms with Gasteiger partial charge in [0.15, 0.2) is 0 Å². The van der Waals surface area contributed by atoms with Crippen LogP contribution in [-0.4, -0.2) is 47.9 Å². The SMILES string of the molecule is CCO[C@H]1C[C@H](O)C12CCN(C(=O)N[C@@H](C)c1ccccc1)CC2. The van der Waals surface area contributed by atoms with Gasteiger partial charge in [-0.25, -0.2) is 4.79 Å². The normalized spacial score (nSPS) is 26.7. The van der Waals surface area contributed by atoms with Crippen LogP contribution in [0.15, 0.2) is 30.3 Å². The van der Waals surface area contributed by atoms with E-state index in [1.54, 1.807) is 0 Å². The second-order valence-electron chi connectivity index (χ2n) is 7.00. The molecule has 132 valence electrons. The fourth-order valence-corrected chi connectivity index (χ4v) is 4.04. The van der Waals surface area contributed by atoms with Crippen molar-refractivity contribution < 1.29 is 14.6 Å². The van der Waals surface area contributed by atoms with Crippen molar-refractivity contribution in [3.63, 3.8) is 0 Å². The smallest absolute Gasteiger partial charge is 0.317 e. The van der Waals surface area contributed by atoms with Crippen LogP contribution >= 0.6 is 0 Å². The Morgan fingerprint density at radius 3 is 2.62 bits per heavy atom. The first-order valence-electron chi connectivity index (χ1n) is 8.97. The second-order valence-corrected chi connectivity index (χ2v) is 7.00. The van der Waals surface area contributed by atoms with Crippen LogP contribution in [0.4, 0.5) is 4.79 Å². The van der Waals surface area contributed by atoms with Crippen molar-refractivity contribution in [3.8, 4) is 0 Å². The Morgan fingerprint density at radius 1 is 1.38 bits per heavy atom. The average Bonchev–Trinajstić information content (AvgIpc) is 2.62. The van der Waals surface area contributed by atoms with Crippen LogP contribution in [0.5, 0.6) is 0 Å². The number of aliphatic hydroxyl groups is 1. The second kappa shape index (κ2) is 7.11. The van der Waals surface area contributed by atoms with Crippen molar-refractivity contribution in [2.75, 3.05) is 19.7 Å². The number of hydrogen-bond acceptors (Lipinski definition) is 3. The summed E-state index contributed by atoms with van der Waals surface area (Å²) in [5.41, 5.74) is 0.961. The highest BCUT2D eigenvalue weighted by molar-refractivity contribution is 5.74. The molecule has 1 heterocycles. The molecular weight excluding hydrogens is 304 g/mol. The molecule has 1 saturated carbocycles. The number of ether oxygens (including phenoxy) is 1. The fraction of sp³-hybridized carbons (Fsp3) is 0.632. The van der Waals surface area contributed by atoms with Gasteiger partial charge in [0.1, 0.15) is 0 Å². The summed E-state index contributed by atoms with van der Waals surface area (Å²) < 4.78 is 5.78. The van der Waals surface area contributed by atoms with Gasteiger partial charge in [0.25, 0.3) is 0 Å². The predicted octanol–water partition coefficient (Wildman–Crippen LogP) is 2.71. The number of nitrogens with one attached hydrogen (secondary N) is 1. The maximum absolute atomic E-state index is 12.5. The van der Waals surface area contributed by atoms with Crippen molar-refractivity contribution in [1.82, 2.24) is 10.2 Å². The van der Waals surface area contributed by atoms with E-state index >= 15 is 0 Å². The molecule has 0 bridgehead atoms. The van der Waals surface area contributed by atoms with Gasteiger partial charge >= 0.3 is 6.03 Å². The molecule has 2 amide bonds. The molecule has 1 aliphatic heterocycles. The van der Waals surface area contributed by atoms with E-state index in [0.717, 1.165) is 24.8 Å². The highest BCUT2D eigenvalue weighted by Gasteiger charge is 2.56. The van der Waals surface area contributed by atoms with E-state index in [9.17, 15) is 9.90 Å². The zero-order chi connectivity index (χ0) is 17.2. The molecule has 1 aliphatic carbocycles. The zero-order valence-electron chi connectivity index (χ0n) is 14.6. The number of amides is 2. The topological polar surface area (TPSA) is 61.8 Å². The Bertz CT molecular complexity index is 553. The monoisotopic (exact) mass is 332 g/mol. The summed E-state index contributed by atoms with van der Waals surface area (Å²) in [5.74, 6) is 0. The van der Waals surface area contributed by atoms with Gasteiger partial charge in [-0.1, -0.05) is 30.3 Å². The van der Waals surface area contributed by atoms with Crippen molar-refractivity contribution in [2.45, 2.75) is 51.4 Å². The molecule has 0 aromatic heterocycles. The van der Waals surface area contributed by atoms with E-state index in [1.807, 2.05) is 49.1 Å². The Kier molecular flexibility index (Phi) is 5.11. The molecule has 1 aromatic rings. The molecule has 1 spiro atoms. The lowest BCUT2D eigenvalue weighted by Crippen LogP contribution is -2.63. The molecule has 1 saturated heterocycles. The number of hydrogen-bond donors (Lipinski definition) is 2. The first-order chi connectivity index (χ1) is 11.6. The van der Waals surface area contributed by atoms with E-state index in [0.29, 0.717) is 19.7 Å². The van der Waals surface area contributed by atoms with Crippen LogP contribution in [0.3, 0.4) is 0 Å². The predicted molar refractivity (Wildman–Crippen MR) is 92.7 cm³/mol. The highest BCUT2D eigenvalue weighted by Crippen LogP contribution is 2.50.